The van der Waals surface area contributed by atoms with Crippen molar-refractivity contribution in [2.24, 2.45) is 4.99 Å². The molecule has 1 aliphatic heterocycles. The average Bonchev–Trinajstić information content (AvgIpc) is 3.08. The maximum atomic E-state index is 11.1. The van der Waals surface area contributed by atoms with Crippen LogP contribution < -0.4 is 5.32 Å². The summed E-state index contributed by atoms with van der Waals surface area (Å²) < 4.78 is 1.02. The Balaban J connectivity index is 2.07. The summed E-state index contributed by atoms with van der Waals surface area (Å²) in [6, 6.07) is 0. The largest absolute Gasteiger partial charge is 0.351 e. The molecule has 162 valence electrons. The minimum atomic E-state index is 0.0669. The maximum absolute atomic E-state index is 11.1. The summed E-state index contributed by atoms with van der Waals surface area (Å²) in [6.07, 6.45) is 23.1. The van der Waals surface area contributed by atoms with Crippen molar-refractivity contribution in [3.63, 3.8) is 0 Å². The third kappa shape index (κ3) is 10.4. The Labute approximate surface area is 174 Å². The van der Waals surface area contributed by atoms with Gasteiger partial charge in [-0.05, 0) is 39.0 Å². The summed E-state index contributed by atoms with van der Waals surface area (Å²) in [4.78, 5) is 15.9. The highest BCUT2D eigenvalue weighted by atomic mass is 16.1. The van der Waals surface area contributed by atoms with Gasteiger partial charge in [-0.2, -0.15) is 0 Å². The SMILES string of the molecule is CCCCCC/C=C/CCCCCCCC1N=CC[N+]1(CC)CCNC(C)=O. The van der Waals surface area contributed by atoms with Crippen LogP contribution in [0, 0.1) is 0 Å². The van der Waals surface area contributed by atoms with E-state index in [-0.39, 0.29) is 5.91 Å². The van der Waals surface area contributed by atoms with E-state index in [4.69, 9.17) is 4.99 Å². The van der Waals surface area contributed by atoms with E-state index in [1.54, 1.807) is 6.92 Å². The van der Waals surface area contributed by atoms with Gasteiger partial charge in [0.1, 0.15) is 6.54 Å². The number of allylic oxidation sites excluding steroid dienone is 2. The molecule has 1 N–H and O–H groups in total. The highest BCUT2D eigenvalue weighted by Gasteiger charge is 2.37. The van der Waals surface area contributed by atoms with Gasteiger partial charge in [0, 0.05) is 13.3 Å². The summed E-state index contributed by atoms with van der Waals surface area (Å²) in [7, 11) is 0. The number of quaternary nitrogens is 1. The number of nitrogens with one attached hydrogen (secondary N) is 1. The Kier molecular flexibility index (Phi) is 14.0. The van der Waals surface area contributed by atoms with Gasteiger partial charge in [0.05, 0.1) is 25.8 Å². The number of carbonyl (C=O) groups is 1. The number of hydrogen-bond acceptors (Lipinski definition) is 2. The lowest BCUT2D eigenvalue weighted by Crippen LogP contribution is -2.55. The van der Waals surface area contributed by atoms with Gasteiger partial charge in [0.15, 0.2) is 6.17 Å². The van der Waals surface area contributed by atoms with Crippen LogP contribution in [0.25, 0.3) is 0 Å². The molecule has 0 saturated heterocycles. The van der Waals surface area contributed by atoms with Crippen LogP contribution in [0.4, 0.5) is 0 Å². The fourth-order valence-corrected chi connectivity index (χ4v) is 4.18. The predicted molar refractivity (Wildman–Crippen MR) is 122 cm³/mol. The third-order valence-electron chi connectivity index (χ3n) is 6.14. The van der Waals surface area contributed by atoms with Crippen LogP contribution in [-0.4, -0.2) is 48.9 Å². The maximum Gasteiger partial charge on any atom is 0.217 e. The number of carbonyl (C=O) groups excluding carboxylic acids is 1. The Morgan fingerprint density at radius 1 is 1.04 bits per heavy atom. The molecule has 0 aromatic rings. The van der Waals surface area contributed by atoms with Crippen molar-refractivity contribution in [1.29, 1.82) is 0 Å². The number of rotatable bonds is 17. The Hall–Kier alpha value is -1.16. The van der Waals surface area contributed by atoms with Crippen LogP contribution in [0.1, 0.15) is 97.8 Å². The molecule has 28 heavy (non-hydrogen) atoms. The minimum absolute atomic E-state index is 0.0669. The Morgan fingerprint density at radius 2 is 1.68 bits per heavy atom. The zero-order chi connectivity index (χ0) is 20.5. The lowest BCUT2D eigenvalue weighted by Gasteiger charge is -2.38. The fraction of sp³-hybridized carbons (Fsp3) is 0.833. The van der Waals surface area contributed by atoms with Crippen LogP contribution in [0.5, 0.6) is 0 Å². The van der Waals surface area contributed by atoms with Crippen molar-refractivity contribution in [1.82, 2.24) is 5.32 Å². The number of unbranched alkanes of at least 4 members (excludes halogenated alkanes) is 9. The van der Waals surface area contributed by atoms with Gasteiger partial charge in [0.25, 0.3) is 0 Å². The van der Waals surface area contributed by atoms with Gasteiger partial charge in [-0.25, -0.2) is 4.99 Å². The fourth-order valence-electron chi connectivity index (χ4n) is 4.18. The molecular weight excluding hydrogens is 346 g/mol. The van der Waals surface area contributed by atoms with E-state index in [1.807, 2.05) is 0 Å². The van der Waals surface area contributed by atoms with E-state index >= 15 is 0 Å². The second-order valence-electron chi connectivity index (χ2n) is 8.40. The first-order valence-corrected chi connectivity index (χ1v) is 11.9. The monoisotopic (exact) mass is 392 g/mol. The van der Waals surface area contributed by atoms with E-state index in [2.05, 4.69) is 37.5 Å². The van der Waals surface area contributed by atoms with Crippen LogP contribution in [-0.2, 0) is 4.79 Å². The number of likely N-dealkylation sites (N-methyl/N-ethyl adjacent to an activating group) is 1. The predicted octanol–water partition coefficient (Wildman–Crippen LogP) is 5.63. The smallest absolute Gasteiger partial charge is 0.217 e. The first-order chi connectivity index (χ1) is 13.6. The van der Waals surface area contributed by atoms with Crippen molar-refractivity contribution in [2.75, 3.05) is 26.2 Å². The lowest BCUT2D eigenvalue weighted by molar-refractivity contribution is -0.935. The molecule has 0 aliphatic carbocycles. The molecule has 4 nitrogen and oxygen atoms in total. The molecule has 1 rings (SSSR count). The molecule has 2 unspecified atom stereocenters. The molecule has 0 aromatic carbocycles. The summed E-state index contributed by atoms with van der Waals surface area (Å²) in [5.74, 6) is 0.0669. The van der Waals surface area contributed by atoms with Gasteiger partial charge in [-0.1, -0.05) is 57.6 Å². The molecule has 1 aliphatic rings. The van der Waals surface area contributed by atoms with E-state index in [9.17, 15) is 4.79 Å². The zero-order valence-electron chi connectivity index (χ0n) is 18.9. The van der Waals surface area contributed by atoms with Gasteiger partial charge in [-0.3, -0.25) is 9.28 Å². The van der Waals surface area contributed by atoms with Crippen molar-refractivity contribution in [3.8, 4) is 0 Å². The number of amides is 1. The molecule has 2 atom stereocenters. The summed E-state index contributed by atoms with van der Waals surface area (Å²) in [5.41, 5.74) is 0. The zero-order valence-corrected chi connectivity index (χ0v) is 18.9. The number of aliphatic imine (C=N–C) groups is 1. The Morgan fingerprint density at radius 3 is 2.32 bits per heavy atom. The Bertz CT molecular complexity index is 461. The van der Waals surface area contributed by atoms with Crippen LogP contribution >= 0.6 is 0 Å². The van der Waals surface area contributed by atoms with E-state index in [0.29, 0.717) is 6.17 Å². The second-order valence-corrected chi connectivity index (χ2v) is 8.40. The molecule has 4 heteroatoms. The molecule has 0 fully saturated rings. The average molecular weight is 393 g/mol. The molecule has 0 aromatic heterocycles. The summed E-state index contributed by atoms with van der Waals surface area (Å²) in [6.45, 7) is 9.98. The quantitative estimate of drug-likeness (QED) is 0.195. The molecule has 0 saturated carbocycles. The lowest BCUT2D eigenvalue weighted by atomic mass is 10.1. The topological polar surface area (TPSA) is 41.5 Å². The van der Waals surface area contributed by atoms with Crippen LogP contribution in [0.15, 0.2) is 17.1 Å². The van der Waals surface area contributed by atoms with E-state index in [1.165, 1.54) is 77.0 Å². The minimum Gasteiger partial charge on any atom is -0.351 e. The molecule has 0 bridgehead atoms. The first-order valence-electron chi connectivity index (χ1n) is 11.9. The molecule has 1 heterocycles. The number of hydrogen-bond donors (Lipinski definition) is 1. The standard InChI is InChI=1S/C24H45N3O/c1-4-6-7-8-9-10-11-12-13-14-15-16-17-18-24-26-20-22-27(24,5-2)21-19-25-23(3)28/h10-11,20,24H,4-9,12-19,21-22H2,1-3H3/p+1/b11-10+. The van der Waals surface area contributed by atoms with Crippen molar-refractivity contribution < 1.29 is 9.28 Å². The summed E-state index contributed by atoms with van der Waals surface area (Å²) in [5, 5.41) is 2.95. The normalized spacial score (nSPS) is 21.6. The van der Waals surface area contributed by atoms with Crippen LogP contribution in [0.3, 0.4) is 0 Å². The van der Waals surface area contributed by atoms with Gasteiger partial charge >= 0.3 is 0 Å². The molecule has 0 radical (unpaired) electrons. The third-order valence-corrected chi connectivity index (χ3v) is 6.14. The number of nitrogens with zero attached hydrogens (tertiary/aromatic N) is 2. The van der Waals surface area contributed by atoms with Gasteiger partial charge in [-0.15, -0.1) is 0 Å². The van der Waals surface area contributed by atoms with Gasteiger partial charge in [0.2, 0.25) is 5.91 Å². The van der Waals surface area contributed by atoms with Crippen LogP contribution in [0.2, 0.25) is 0 Å². The van der Waals surface area contributed by atoms with Crippen molar-refractivity contribution in [3.05, 3.63) is 12.2 Å². The van der Waals surface area contributed by atoms with Crippen molar-refractivity contribution >= 4 is 12.1 Å². The van der Waals surface area contributed by atoms with Crippen molar-refractivity contribution in [2.45, 2.75) is 104 Å². The molecule has 0 spiro atoms. The highest BCUT2D eigenvalue weighted by molar-refractivity contribution is 5.72. The van der Waals surface area contributed by atoms with Gasteiger partial charge < -0.3 is 5.32 Å². The highest BCUT2D eigenvalue weighted by Crippen LogP contribution is 2.24. The molecule has 1 amide bonds. The van der Waals surface area contributed by atoms with E-state index < -0.39 is 0 Å². The van der Waals surface area contributed by atoms with E-state index in [0.717, 1.165) is 30.7 Å². The first kappa shape index (κ1) is 24.9. The second kappa shape index (κ2) is 15.7. The molecular formula is C24H46N3O+. The summed E-state index contributed by atoms with van der Waals surface area (Å²) >= 11 is 0.